The van der Waals surface area contributed by atoms with Crippen LogP contribution >= 0.6 is 0 Å². The summed E-state index contributed by atoms with van der Waals surface area (Å²) in [5, 5.41) is 25.5. The molecule has 0 bridgehead atoms. The zero-order chi connectivity index (χ0) is 30.0. The van der Waals surface area contributed by atoms with E-state index in [1.165, 1.54) is 0 Å². The van der Waals surface area contributed by atoms with Gasteiger partial charge in [-0.1, -0.05) is 60.1 Å². The molecule has 1 saturated heterocycles. The third-order valence-corrected chi connectivity index (χ3v) is 7.93. The van der Waals surface area contributed by atoms with E-state index in [1.54, 1.807) is 0 Å². The highest BCUT2D eigenvalue weighted by Crippen LogP contribution is 2.39. The van der Waals surface area contributed by atoms with Crippen LogP contribution in [-0.2, 0) is 31.8 Å². The lowest BCUT2D eigenvalue weighted by molar-refractivity contribution is -0.346. The van der Waals surface area contributed by atoms with Crippen molar-refractivity contribution in [2.75, 3.05) is 19.8 Å². The SMILES string of the molecule is CC(C)(Cc1ccccc1)C(=O)O[C@@H]1C[C@H](O)[C@@H](CO)O[C@@]1(CCc1c[nH]c2ccccc12)OCCCCCN=[N+]=[N-]. The highest BCUT2D eigenvalue weighted by atomic mass is 16.7. The molecule has 226 valence electrons. The first-order valence-corrected chi connectivity index (χ1v) is 14.7. The Kier molecular flexibility index (Phi) is 11.0. The van der Waals surface area contributed by atoms with E-state index >= 15 is 0 Å². The van der Waals surface area contributed by atoms with Crippen LogP contribution in [-0.4, -0.2) is 65.0 Å². The van der Waals surface area contributed by atoms with Crippen molar-refractivity contribution in [1.82, 2.24) is 4.98 Å². The van der Waals surface area contributed by atoms with Crippen molar-refractivity contribution < 1.29 is 29.2 Å². The monoisotopic (exact) mass is 578 g/mol. The topological polar surface area (TPSA) is 150 Å². The van der Waals surface area contributed by atoms with E-state index in [4.69, 9.17) is 19.7 Å². The maximum Gasteiger partial charge on any atom is 0.312 e. The van der Waals surface area contributed by atoms with Crippen molar-refractivity contribution in [1.29, 1.82) is 0 Å². The molecule has 3 N–H and O–H groups in total. The number of H-pyrrole nitrogens is 1. The zero-order valence-electron chi connectivity index (χ0n) is 24.4. The highest BCUT2D eigenvalue weighted by Gasteiger charge is 2.52. The molecule has 0 radical (unpaired) electrons. The van der Waals surface area contributed by atoms with Crippen LogP contribution in [0, 0.1) is 5.41 Å². The molecule has 42 heavy (non-hydrogen) atoms. The molecule has 1 aliphatic rings. The van der Waals surface area contributed by atoms with Crippen LogP contribution in [0.4, 0.5) is 0 Å². The number of carbonyl (C=O) groups is 1. The molecular weight excluding hydrogens is 536 g/mol. The van der Waals surface area contributed by atoms with E-state index in [0.717, 1.165) is 34.9 Å². The number of rotatable bonds is 15. The lowest BCUT2D eigenvalue weighted by atomic mass is 9.85. The van der Waals surface area contributed by atoms with Crippen molar-refractivity contribution >= 4 is 16.9 Å². The summed E-state index contributed by atoms with van der Waals surface area (Å²) in [6.45, 7) is 4.01. The number of aromatic amines is 1. The lowest BCUT2D eigenvalue weighted by Gasteiger charge is -2.47. The van der Waals surface area contributed by atoms with Crippen molar-refractivity contribution in [3.05, 3.63) is 82.4 Å². The maximum absolute atomic E-state index is 13.7. The Morgan fingerprint density at radius 2 is 1.93 bits per heavy atom. The fourth-order valence-corrected chi connectivity index (χ4v) is 5.54. The summed E-state index contributed by atoms with van der Waals surface area (Å²) in [6.07, 6.45) is 2.77. The second-order valence-corrected chi connectivity index (χ2v) is 11.6. The first kappa shape index (κ1) is 31.5. The minimum Gasteiger partial charge on any atom is -0.456 e. The summed E-state index contributed by atoms with van der Waals surface area (Å²) in [5.41, 5.74) is 10.8. The van der Waals surface area contributed by atoms with E-state index in [1.807, 2.05) is 74.6 Å². The molecule has 0 saturated carbocycles. The molecule has 4 atom stereocenters. The third-order valence-electron chi connectivity index (χ3n) is 7.93. The zero-order valence-corrected chi connectivity index (χ0v) is 24.4. The summed E-state index contributed by atoms with van der Waals surface area (Å²) >= 11 is 0. The number of nitrogens with zero attached hydrogens (tertiary/aromatic N) is 3. The van der Waals surface area contributed by atoms with Crippen LogP contribution in [0.3, 0.4) is 0 Å². The number of hydrogen-bond donors (Lipinski definition) is 3. The van der Waals surface area contributed by atoms with Gasteiger partial charge in [0.2, 0.25) is 5.79 Å². The number of nitrogens with one attached hydrogen (secondary N) is 1. The minimum absolute atomic E-state index is 0.0726. The Hall–Kier alpha value is -3.40. The van der Waals surface area contributed by atoms with Gasteiger partial charge in [0.1, 0.15) is 6.10 Å². The smallest absolute Gasteiger partial charge is 0.312 e. The fraction of sp³-hybridized carbons (Fsp3) is 0.531. The number of unbranched alkanes of at least 4 members (excludes halogenated alkanes) is 2. The number of ether oxygens (including phenoxy) is 3. The van der Waals surface area contributed by atoms with Crippen molar-refractivity contribution in [3.8, 4) is 0 Å². The lowest BCUT2D eigenvalue weighted by Crippen LogP contribution is -2.60. The van der Waals surface area contributed by atoms with Crippen LogP contribution in [0.2, 0.25) is 0 Å². The summed E-state index contributed by atoms with van der Waals surface area (Å²) < 4.78 is 19.0. The van der Waals surface area contributed by atoms with Gasteiger partial charge in [-0.2, -0.15) is 0 Å². The standard InChI is InChI=1S/C32H42N4O6/c1-31(2,20-23-11-5-3-6-12-23)30(39)41-29-19-27(38)28(22-37)42-32(29,40-18-10-4-9-17-35-36-33)16-15-24-21-34-26-14-8-7-13-25(24)26/h3,5-8,11-14,21,27-29,34,37-38H,4,9-10,15-20,22H2,1-2H3/t27-,28+,29+,32+/m0/s1. The van der Waals surface area contributed by atoms with Gasteiger partial charge in [0, 0.05) is 41.4 Å². The first-order chi connectivity index (χ1) is 20.3. The molecule has 1 aliphatic heterocycles. The number of esters is 1. The van der Waals surface area contributed by atoms with Crippen LogP contribution in [0.15, 0.2) is 65.9 Å². The average Bonchev–Trinajstić information content (AvgIpc) is 3.40. The number of aromatic nitrogens is 1. The average molecular weight is 579 g/mol. The van der Waals surface area contributed by atoms with Crippen molar-refractivity contribution in [2.45, 2.75) is 82.9 Å². The van der Waals surface area contributed by atoms with Gasteiger partial charge in [0.15, 0.2) is 6.10 Å². The third kappa shape index (κ3) is 7.91. The van der Waals surface area contributed by atoms with Gasteiger partial charge in [-0.15, -0.1) is 0 Å². The van der Waals surface area contributed by atoms with Crippen LogP contribution in [0.25, 0.3) is 21.3 Å². The largest absolute Gasteiger partial charge is 0.456 e. The van der Waals surface area contributed by atoms with Gasteiger partial charge in [0.05, 0.1) is 24.7 Å². The van der Waals surface area contributed by atoms with E-state index in [-0.39, 0.29) is 6.42 Å². The van der Waals surface area contributed by atoms with Crippen LogP contribution < -0.4 is 0 Å². The molecule has 0 amide bonds. The molecule has 10 nitrogen and oxygen atoms in total. The number of carbonyl (C=O) groups excluding carboxylic acids is 1. The Morgan fingerprint density at radius 3 is 2.69 bits per heavy atom. The second kappa shape index (κ2) is 14.7. The van der Waals surface area contributed by atoms with Crippen LogP contribution in [0.5, 0.6) is 0 Å². The maximum atomic E-state index is 13.7. The Balaban J connectivity index is 1.57. The highest BCUT2D eigenvalue weighted by molar-refractivity contribution is 5.83. The summed E-state index contributed by atoms with van der Waals surface area (Å²) in [7, 11) is 0. The van der Waals surface area contributed by atoms with Gasteiger partial charge in [-0.25, -0.2) is 0 Å². The van der Waals surface area contributed by atoms with Gasteiger partial charge in [0.25, 0.3) is 0 Å². The molecular formula is C32H42N4O6. The molecule has 2 aromatic carbocycles. The molecule has 10 heteroatoms. The van der Waals surface area contributed by atoms with Crippen molar-refractivity contribution in [3.63, 3.8) is 0 Å². The Morgan fingerprint density at radius 1 is 1.17 bits per heavy atom. The summed E-state index contributed by atoms with van der Waals surface area (Å²) in [5.74, 6) is -1.79. The molecule has 4 rings (SSSR count). The van der Waals surface area contributed by atoms with E-state index in [2.05, 4.69) is 15.0 Å². The molecule has 0 unspecified atom stereocenters. The number of aliphatic hydroxyl groups is 2. The number of benzene rings is 2. The minimum atomic E-state index is -1.38. The molecule has 1 aromatic heterocycles. The second-order valence-electron chi connectivity index (χ2n) is 11.6. The number of aliphatic hydroxyl groups excluding tert-OH is 2. The quantitative estimate of drug-likeness (QED) is 0.0701. The fourth-order valence-electron chi connectivity index (χ4n) is 5.54. The molecule has 1 fully saturated rings. The van der Waals surface area contributed by atoms with Crippen molar-refractivity contribution in [2.24, 2.45) is 10.5 Å². The predicted octanol–water partition coefficient (Wildman–Crippen LogP) is 5.62. The summed E-state index contributed by atoms with van der Waals surface area (Å²) in [4.78, 5) is 19.7. The van der Waals surface area contributed by atoms with Gasteiger partial charge in [-0.05, 0) is 62.3 Å². The normalized spacial score (nSPS) is 22.5. The van der Waals surface area contributed by atoms with Gasteiger partial charge in [-0.3, -0.25) is 4.79 Å². The van der Waals surface area contributed by atoms with E-state index in [0.29, 0.717) is 38.8 Å². The van der Waals surface area contributed by atoms with E-state index in [9.17, 15) is 15.0 Å². The van der Waals surface area contributed by atoms with Gasteiger partial charge < -0.3 is 29.4 Å². The number of fused-ring (bicyclic) bond motifs is 1. The van der Waals surface area contributed by atoms with Gasteiger partial charge >= 0.3 is 5.97 Å². The molecule has 3 aromatic rings. The number of aryl methyl sites for hydroxylation is 1. The molecule has 0 aliphatic carbocycles. The number of hydrogen-bond acceptors (Lipinski definition) is 7. The predicted molar refractivity (Wildman–Crippen MR) is 160 cm³/mol. The molecule has 2 heterocycles. The number of para-hydroxylation sites is 1. The Bertz CT molecular complexity index is 1340. The molecule has 0 spiro atoms. The Labute approximate surface area is 246 Å². The first-order valence-electron chi connectivity index (χ1n) is 14.7. The van der Waals surface area contributed by atoms with Crippen LogP contribution in [0.1, 0.15) is 57.1 Å². The summed E-state index contributed by atoms with van der Waals surface area (Å²) in [6, 6.07) is 17.8. The van der Waals surface area contributed by atoms with E-state index < -0.39 is 42.1 Å². The number of azide groups is 1.